The molecule has 1 aromatic rings. The van der Waals surface area contributed by atoms with Crippen molar-refractivity contribution in [1.82, 2.24) is 5.32 Å². The molecule has 2 nitrogen and oxygen atoms in total. The van der Waals surface area contributed by atoms with Crippen LogP contribution in [-0.4, -0.2) is 6.54 Å². The van der Waals surface area contributed by atoms with Crippen LogP contribution < -0.4 is 11.1 Å². The van der Waals surface area contributed by atoms with Crippen LogP contribution in [0.15, 0.2) is 42.6 Å². The fraction of sp³-hybridized carbons (Fsp3) is 0.200. The van der Waals surface area contributed by atoms with Crippen LogP contribution in [0.2, 0.25) is 0 Å². The molecule has 0 aliphatic heterocycles. The van der Waals surface area contributed by atoms with Crippen LogP contribution in [0, 0.1) is 0 Å². The Labute approximate surface area is 73.1 Å². The highest BCUT2D eigenvalue weighted by Crippen LogP contribution is 1.96. The molecule has 2 heteroatoms. The van der Waals surface area contributed by atoms with Gasteiger partial charge in [-0.25, -0.2) is 0 Å². The Bertz CT molecular complexity index is 241. The largest absolute Gasteiger partial charge is 0.401 e. The maximum absolute atomic E-state index is 5.40. The summed E-state index contributed by atoms with van der Waals surface area (Å²) in [6, 6.07) is 10.2. The standard InChI is InChI=1S/C10H14N2/c1-9(11)7-12-8-10-5-3-2-4-6-10/h2-6,12H,1,7-8,11H2. The van der Waals surface area contributed by atoms with Gasteiger partial charge in [-0.2, -0.15) is 0 Å². The number of benzene rings is 1. The lowest BCUT2D eigenvalue weighted by atomic mass is 10.2. The lowest BCUT2D eigenvalue weighted by Crippen LogP contribution is -2.19. The van der Waals surface area contributed by atoms with Crippen molar-refractivity contribution >= 4 is 0 Å². The number of hydrogen-bond acceptors (Lipinski definition) is 2. The van der Waals surface area contributed by atoms with Crippen molar-refractivity contribution in [3.63, 3.8) is 0 Å². The van der Waals surface area contributed by atoms with Gasteiger partial charge in [-0.05, 0) is 5.56 Å². The van der Waals surface area contributed by atoms with E-state index in [0.29, 0.717) is 12.2 Å². The summed E-state index contributed by atoms with van der Waals surface area (Å²) in [4.78, 5) is 0. The quantitative estimate of drug-likeness (QED) is 0.699. The van der Waals surface area contributed by atoms with Crippen LogP contribution in [0.4, 0.5) is 0 Å². The van der Waals surface area contributed by atoms with Crippen LogP contribution >= 0.6 is 0 Å². The lowest BCUT2D eigenvalue weighted by molar-refractivity contribution is 0.737. The summed E-state index contributed by atoms with van der Waals surface area (Å²) in [6.45, 7) is 5.12. The summed E-state index contributed by atoms with van der Waals surface area (Å²) in [5, 5.41) is 3.18. The van der Waals surface area contributed by atoms with Crippen molar-refractivity contribution in [2.45, 2.75) is 6.54 Å². The molecule has 0 radical (unpaired) electrons. The third kappa shape index (κ3) is 3.21. The minimum Gasteiger partial charge on any atom is -0.401 e. The molecular formula is C10H14N2. The molecule has 0 saturated heterocycles. The van der Waals surface area contributed by atoms with E-state index < -0.39 is 0 Å². The Morgan fingerprint density at radius 2 is 2.00 bits per heavy atom. The summed E-state index contributed by atoms with van der Waals surface area (Å²) in [5.74, 6) is 0. The zero-order valence-corrected chi connectivity index (χ0v) is 7.09. The predicted octanol–water partition coefficient (Wildman–Crippen LogP) is 1.25. The maximum atomic E-state index is 5.40. The fourth-order valence-electron chi connectivity index (χ4n) is 0.963. The molecule has 64 valence electrons. The predicted molar refractivity (Wildman–Crippen MR) is 51.5 cm³/mol. The molecule has 0 aromatic heterocycles. The van der Waals surface area contributed by atoms with Gasteiger partial charge in [0, 0.05) is 18.8 Å². The Kier molecular flexibility index (Phi) is 3.35. The van der Waals surface area contributed by atoms with Gasteiger partial charge in [0.05, 0.1) is 0 Å². The van der Waals surface area contributed by atoms with Gasteiger partial charge in [-0.15, -0.1) is 0 Å². The van der Waals surface area contributed by atoms with Gasteiger partial charge < -0.3 is 11.1 Å². The summed E-state index contributed by atoms with van der Waals surface area (Å²) < 4.78 is 0. The SMILES string of the molecule is C=C(N)CNCc1ccccc1. The Balaban J connectivity index is 2.29. The molecule has 0 spiro atoms. The van der Waals surface area contributed by atoms with E-state index in [0.717, 1.165) is 6.54 Å². The zero-order chi connectivity index (χ0) is 8.81. The van der Waals surface area contributed by atoms with Gasteiger partial charge in [0.2, 0.25) is 0 Å². The van der Waals surface area contributed by atoms with E-state index in [2.05, 4.69) is 24.0 Å². The number of nitrogens with two attached hydrogens (primary N) is 1. The monoisotopic (exact) mass is 162 g/mol. The molecule has 0 fully saturated rings. The Morgan fingerprint density at radius 3 is 2.58 bits per heavy atom. The molecule has 0 heterocycles. The molecule has 1 aromatic carbocycles. The molecule has 0 unspecified atom stereocenters. The summed E-state index contributed by atoms with van der Waals surface area (Å²) in [6.07, 6.45) is 0. The van der Waals surface area contributed by atoms with Gasteiger partial charge in [0.15, 0.2) is 0 Å². The van der Waals surface area contributed by atoms with Gasteiger partial charge >= 0.3 is 0 Å². The highest BCUT2D eigenvalue weighted by Gasteiger charge is 1.89. The van der Waals surface area contributed by atoms with Crippen LogP contribution in [0.3, 0.4) is 0 Å². The first-order valence-corrected chi connectivity index (χ1v) is 3.97. The van der Waals surface area contributed by atoms with E-state index in [1.807, 2.05) is 18.2 Å². The van der Waals surface area contributed by atoms with Gasteiger partial charge in [-0.1, -0.05) is 36.9 Å². The average Bonchev–Trinajstić information content (AvgIpc) is 2.05. The maximum Gasteiger partial charge on any atom is 0.0348 e. The molecule has 1 rings (SSSR count). The van der Waals surface area contributed by atoms with Crippen LogP contribution in [0.5, 0.6) is 0 Å². The lowest BCUT2D eigenvalue weighted by Gasteiger charge is -2.03. The average molecular weight is 162 g/mol. The van der Waals surface area contributed by atoms with E-state index in [1.165, 1.54) is 5.56 Å². The normalized spacial score (nSPS) is 9.67. The van der Waals surface area contributed by atoms with E-state index in [1.54, 1.807) is 0 Å². The fourth-order valence-corrected chi connectivity index (χ4v) is 0.963. The van der Waals surface area contributed by atoms with Crippen molar-refractivity contribution in [3.05, 3.63) is 48.2 Å². The number of rotatable bonds is 4. The third-order valence-electron chi connectivity index (χ3n) is 1.52. The molecule has 0 bridgehead atoms. The number of hydrogen-bond donors (Lipinski definition) is 2. The third-order valence-corrected chi connectivity index (χ3v) is 1.52. The molecule has 12 heavy (non-hydrogen) atoms. The summed E-state index contributed by atoms with van der Waals surface area (Å²) in [5.41, 5.74) is 7.33. The second-order valence-corrected chi connectivity index (χ2v) is 2.75. The van der Waals surface area contributed by atoms with Crippen LogP contribution in [-0.2, 0) is 6.54 Å². The van der Waals surface area contributed by atoms with Gasteiger partial charge in [0.25, 0.3) is 0 Å². The first-order valence-electron chi connectivity index (χ1n) is 3.97. The molecular weight excluding hydrogens is 148 g/mol. The molecule has 0 atom stereocenters. The van der Waals surface area contributed by atoms with Gasteiger partial charge in [-0.3, -0.25) is 0 Å². The summed E-state index contributed by atoms with van der Waals surface area (Å²) >= 11 is 0. The van der Waals surface area contributed by atoms with Crippen molar-refractivity contribution in [3.8, 4) is 0 Å². The van der Waals surface area contributed by atoms with Crippen LogP contribution in [0.1, 0.15) is 5.56 Å². The van der Waals surface area contributed by atoms with E-state index >= 15 is 0 Å². The van der Waals surface area contributed by atoms with Gasteiger partial charge in [0.1, 0.15) is 0 Å². The van der Waals surface area contributed by atoms with Crippen molar-refractivity contribution < 1.29 is 0 Å². The molecule has 0 aliphatic carbocycles. The second-order valence-electron chi connectivity index (χ2n) is 2.75. The number of nitrogens with one attached hydrogen (secondary N) is 1. The van der Waals surface area contributed by atoms with Crippen molar-refractivity contribution in [2.24, 2.45) is 5.73 Å². The minimum absolute atomic E-state index is 0.672. The van der Waals surface area contributed by atoms with E-state index in [-0.39, 0.29) is 0 Å². The molecule has 0 aliphatic rings. The first-order chi connectivity index (χ1) is 5.79. The van der Waals surface area contributed by atoms with Crippen molar-refractivity contribution in [2.75, 3.05) is 6.54 Å². The molecule has 0 saturated carbocycles. The molecule has 3 N–H and O–H groups in total. The highest BCUT2D eigenvalue weighted by atomic mass is 14.9. The highest BCUT2D eigenvalue weighted by molar-refractivity contribution is 5.14. The summed E-state index contributed by atoms with van der Waals surface area (Å²) in [7, 11) is 0. The topological polar surface area (TPSA) is 38.0 Å². The van der Waals surface area contributed by atoms with Crippen LogP contribution in [0.25, 0.3) is 0 Å². The van der Waals surface area contributed by atoms with E-state index in [9.17, 15) is 0 Å². The Hall–Kier alpha value is -1.28. The van der Waals surface area contributed by atoms with Crippen molar-refractivity contribution in [1.29, 1.82) is 0 Å². The smallest absolute Gasteiger partial charge is 0.0348 e. The zero-order valence-electron chi connectivity index (χ0n) is 7.09. The first kappa shape index (κ1) is 8.81. The second kappa shape index (κ2) is 4.57. The minimum atomic E-state index is 0.672. The molecule has 0 amide bonds. The van der Waals surface area contributed by atoms with E-state index in [4.69, 9.17) is 5.73 Å². The Morgan fingerprint density at radius 1 is 1.33 bits per heavy atom.